The number of phenolic OH excluding ortho intramolecular Hbond substituents is 1. The van der Waals surface area contributed by atoms with Crippen LogP contribution in [0.2, 0.25) is 0 Å². The van der Waals surface area contributed by atoms with Gasteiger partial charge in [0.1, 0.15) is 17.4 Å². The van der Waals surface area contributed by atoms with Gasteiger partial charge in [0, 0.05) is 18.5 Å². The zero-order valence-electron chi connectivity index (χ0n) is 18.4. The highest BCUT2D eigenvalue weighted by atomic mass is 19.1. The number of benzene rings is 2. The van der Waals surface area contributed by atoms with E-state index in [4.69, 9.17) is 4.74 Å². The molecule has 7 nitrogen and oxygen atoms in total. The van der Waals surface area contributed by atoms with E-state index in [1.54, 1.807) is 0 Å². The summed E-state index contributed by atoms with van der Waals surface area (Å²) in [5.74, 6) is 0.243. The van der Waals surface area contributed by atoms with E-state index in [0.29, 0.717) is 31.0 Å². The Bertz CT molecular complexity index is 1130. The molecule has 1 aliphatic heterocycles. The van der Waals surface area contributed by atoms with E-state index in [0.717, 1.165) is 17.4 Å². The van der Waals surface area contributed by atoms with Crippen molar-refractivity contribution in [2.75, 3.05) is 24.6 Å². The van der Waals surface area contributed by atoms with Gasteiger partial charge in [-0.1, -0.05) is 26.0 Å². The first-order chi connectivity index (χ1) is 15.3. The third-order valence-electron chi connectivity index (χ3n) is 5.41. The number of ether oxygens (including phenoxy) is 1. The minimum Gasteiger partial charge on any atom is -0.507 e. The number of aromatic nitrogens is 2. The van der Waals surface area contributed by atoms with Crippen LogP contribution in [0, 0.1) is 18.7 Å². The lowest BCUT2D eigenvalue weighted by Gasteiger charge is -2.21. The standard InChI is InChI=1S/C24H27FN4O3/c1-14(2)13-32-24(31)26-16-9-10-29(12-16)23-17-8-7-15(3)11-19(17)27-22(28-23)21-18(25)5-4-6-20(21)30/h4-8,11,14,16,30H,9-10,12-13H2,1-3H3,(H,26,31)/t16-/m1/s1. The minimum atomic E-state index is -0.586. The van der Waals surface area contributed by atoms with Gasteiger partial charge in [0.25, 0.3) is 0 Å². The van der Waals surface area contributed by atoms with Crippen LogP contribution in [0.4, 0.5) is 15.0 Å². The number of nitrogens with one attached hydrogen (secondary N) is 1. The number of aromatic hydroxyl groups is 1. The lowest BCUT2D eigenvalue weighted by Crippen LogP contribution is -2.38. The molecule has 3 aromatic rings. The largest absolute Gasteiger partial charge is 0.507 e. The van der Waals surface area contributed by atoms with Crippen LogP contribution < -0.4 is 10.2 Å². The maximum Gasteiger partial charge on any atom is 0.407 e. The molecule has 1 fully saturated rings. The Labute approximate surface area is 186 Å². The summed E-state index contributed by atoms with van der Waals surface area (Å²) >= 11 is 0. The number of carbonyl (C=O) groups is 1. The van der Waals surface area contributed by atoms with Crippen LogP contribution in [0.1, 0.15) is 25.8 Å². The highest BCUT2D eigenvalue weighted by molar-refractivity contribution is 5.92. The van der Waals surface area contributed by atoms with Gasteiger partial charge in [-0.15, -0.1) is 0 Å². The summed E-state index contributed by atoms with van der Waals surface area (Å²) in [7, 11) is 0. The summed E-state index contributed by atoms with van der Waals surface area (Å²) in [5, 5.41) is 14.0. The lowest BCUT2D eigenvalue weighted by atomic mass is 10.1. The summed E-state index contributed by atoms with van der Waals surface area (Å²) in [6.07, 6.45) is 0.305. The van der Waals surface area contributed by atoms with Crippen molar-refractivity contribution in [3.63, 3.8) is 0 Å². The van der Waals surface area contributed by atoms with Crippen molar-refractivity contribution in [1.29, 1.82) is 0 Å². The van der Waals surface area contributed by atoms with E-state index in [9.17, 15) is 14.3 Å². The fourth-order valence-corrected chi connectivity index (χ4v) is 3.83. The number of nitrogens with zero attached hydrogens (tertiary/aromatic N) is 3. The maximum absolute atomic E-state index is 14.5. The molecule has 2 N–H and O–H groups in total. The molecular formula is C24H27FN4O3. The Morgan fingerprint density at radius 2 is 2.12 bits per heavy atom. The number of halogens is 1. The average Bonchev–Trinajstić information content (AvgIpc) is 3.19. The molecule has 0 aliphatic carbocycles. The Morgan fingerprint density at radius 3 is 2.88 bits per heavy atom. The normalized spacial score (nSPS) is 16.0. The Balaban J connectivity index is 1.66. The van der Waals surface area contributed by atoms with Gasteiger partial charge in [-0.2, -0.15) is 0 Å². The highest BCUT2D eigenvalue weighted by Crippen LogP contribution is 2.34. The molecule has 8 heteroatoms. The molecule has 0 bridgehead atoms. The smallest absolute Gasteiger partial charge is 0.407 e. The van der Waals surface area contributed by atoms with Crippen molar-refractivity contribution in [1.82, 2.24) is 15.3 Å². The van der Waals surface area contributed by atoms with Crippen molar-refractivity contribution in [3.8, 4) is 17.1 Å². The summed E-state index contributed by atoms with van der Waals surface area (Å²) in [5.41, 5.74) is 1.66. The molecule has 32 heavy (non-hydrogen) atoms. The van der Waals surface area contributed by atoms with Gasteiger partial charge in [-0.05, 0) is 49.1 Å². The van der Waals surface area contributed by atoms with Gasteiger partial charge in [0.2, 0.25) is 0 Å². The zero-order valence-corrected chi connectivity index (χ0v) is 18.4. The molecule has 4 rings (SSSR count). The number of rotatable bonds is 5. The molecule has 0 radical (unpaired) electrons. The number of carbonyl (C=O) groups excluding carboxylic acids is 1. The Kier molecular flexibility index (Phi) is 6.12. The number of hydrogen-bond donors (Lipinski definition) is 2. The number of amides is 1. The molecule has 1 saturated heterocycles. The van der Waals surface area contributed by atoms with E-state index in [-0.39, 0.29) is 29.1 Å². The van der Waals surface area contributed by atoms with E-state index in [2.05, 4.69) is 15.3 Å². The van der Waals surface area contributed by atoms with Crippen molar-refractivity contribution in [3.05, 3.63) is 47.8 Å². The van der Waals surface area contributed by atoms with Crippen LogP contribution >= 0.6 is 0 Å². The lowest BCUT2D eigenvalue weighted by molar-refractivity contribution is 0.130. The topological polar surface area (TPSA) is 87.6 Å². The SMILES string of the molecule is Cc1ccc2c(N3CC[C@@H](NC(=O)OCC(C)C)C3)nc(-c3c(O)cccc3F)nc2c1. The van der Waals surface area contributed by atoms with E-state index < -0.39 is 11.9 Å². The molecule has 2 aromatic carbocycles. The van der Waals surface area contributed by atoms with Gasteiger partial charge in [0.05, 0.1) is 23.7 Å². The second-order valence-corrected chi connectivity index (χ2v) is 8.59. The molecular weight excluding hydrogens is 411 g/mol. The van der Waals surface area contributed by atoms with Gasteiger partial charge < -0.3 is 20.1 Å². The fourth-order valence-electron chi connectivity index (χ4n) is 3.83. The maximum atomic E-state index is 14.5. The number of fused-ring (bicyclic) bond motifs is 1. The average molecular weight is 439 g/mol. The van der Waals surface area contributed by atoms with Crippen LogP contribution in [0.3, 0.4) is 0 Å². The second kappa shape index (κ2) is 8.98. The van der Waals surface area contributed by atoms with Crippen LogP contribution in [0.15, 0.2) is 36.4 Å². The first-order valence-electron chi connectivity index (χ1n) is 10.8. The summed E-state index contributed by atoms with van der Waals surface area (Å²) in [6, 6.07) is 9.88. The van der Waals surface area contributed by atoms with Crippen LogP contribution in [-0.2, 0) is 4.74 Å². The quantitative estimate of drug-likeness (QED) is 0.614. The monoisotopic (exact) mass is 438 g/mol. The van der Waals surface area contributed by atoms with Gasteiger partial charge >= 0.3 is 6.09 Å². The van der Waals surface area contributed by atoms with Crippen LogP contribution in [0.25, 0.3) is 22.3 Å². The first kappa shape index (κ1) is 21.8. The second-order valence-electron chi connectivity index (χ2n) is 8.59. The minimum absolute atomic E-state index is 0.0247. The molecule has 0 unspecified atom stereocenters. The summed E-state index contributed by atoms with van der Waals surface area (Å²) in [6.45, 7) is 7.50. The third-order valence-corrected chi connectivity index (χ3v) is 5.41. The van der Waals surface area contributed by atoms with Gasteiger partial charge in [0.15, 0.2) is 5.82 Å². The van der Waals surface area contributed by atoms with Crippen molar-refractivity contribution < 1.29 is 19.0 Å². The number of hydrogen-bond acceptors (Lipinski definition) is 6. The zero-order chi connectivity index (χ0) is 22.8. The van der Waals surface area contributed by atoms with Crippen molar-refractivity contribution >= 4 is 22.8 Å². The number of alkyl carbamates (subject to hydrolysis) is 1. The molecule has 0 saturated carbocycles. The fraction of sp³-hybridized carbons (Fsp3) is 0.375. The predicted molar refractivity (Wildman–Crippen MR) is 121 cm³/mol. The molecule has 1 aromatic heterocycles. The molecule has 2 heterocycles. The molecule has 1 atom stereocenters. The van der Waals surface area contributed by atoms with E-state index >= 15 is 0 Å². The number of anilines is 1. The van der Waals surface area contributed by atoms with Gasteiger partial charge in [-0.25, -0.2) is 19.2 Å². The highest BCUT2D eigenvalue weighted by Gasteiger charge is 2.28. The molecule has 168 valence electrons. The summed E-state index contributed by atoms with van der Waals surface area (Å²) in [4.78, 5) is 23.3. The van der Waals surface area contributed by atoms with Crippen molar-refractivity contribution in [2.24, 2.45) is 5.92 Å². The van der Waals surface area contributed by atoms with Crippen LogP contribution in [0.5, 0.6) is 5.75 Å². The first-order valence-corrected chi connectivity index (χ1v) is 10.8. The molecule has 0 spiro atoms. The summed E-state index contributed by atoms with van der Waals surface area (Å²) < 4.78 is 19.8. The van der Waals surface area contributed by atoms with Gasteiger partial charge in [-0.3, -0.25) is 0 Å². The van der Waals surface area contributed by atoms with E-state index in [1.807, 2.05) is 43.9 Å². The number of aryl methyl sites for hydroxylation is 1. The Morgan fingerprint density at radius 1 is 1.31 bits per heavy atom. The van der Waals surface area contributed by atoms with Crippen molar-refractivity contribution in [2.45, 2.75) is 33.2 Å². The van der Waals surface area contributed by atoms with E-state index in [1.165, 1.54) is 18.2 Å². The third kappa shape index (κ3) is 4.59. The number of phenols is 1. The molecule has 1 amide bonds. The Hall–Kier alpha value is -3.42. The predicted octanol–water partition coefficient (Wildman–Crippen LogP) is 4.41. The van der Waals surface area contributed by atoms with Crippen LogP contribution in [-0.4, -0.2) is 46.9 Å². The molecule has 1 aliphatic rings.